The fourth-order valence-corrected chi connectivity index (χ4v) is 1.82. The number of carbonyl (C=O) groups excluding carboxylic acids is 1. The topological polar surface area (TPSA) is 66.8 Å². The van der Waals surface area contributed by atoms with Gasteiger partial charge in [-0.05, 0) is 47.9 Å². The van der Waals surface area contributed by atoms with Crippen LogP contribution in [0.15, 0.2) is 36.4 Å². The highest BCUT2D eigenvalue weighted by Crippen LogP contribution is 2.21. The second kappa shape index (κ2) is 6.20. The lowest BCUT2D eigenvalue weighted by Crippen LogP contribution is -2.06. The Morgan fingerprint density at radius 1 is 1.05 bits per heavy atom. The molecule has 100 valence electrons. The van der Waals surface area contributed by atoms with Crippen LogP contribution in [-0.4, -0.2) is 29.4 Å². The highest BCUT2D eigenvalue weighted by molar-refractivity contribution is 5.95. The molecule has 0 fully saturated rings. The van der Waals surface area contributed by atoms with Gasteiger partial charge in [0.25, 0.3) is 0 Å². The molecule has 0 saturated carbocycles. The van der Waals surface area contributed by atoms with Crippen LogP contribution in [-0.2, 0) is 4.74 Å². The first kappa shape index (κ1) is 13.4. The lowest BCUT2D eigenvalue weighted by atomic mass is 10.1. The number of aliphatic hydroxyl groups excluding tert-OH is 1. The number of benzene rings is 2. The van der Waals surface area contributed by atoms with Gasteiger partial charge in [0.1, 0.15) is 5.75 Å². The van der Waals surface area contributed by atoms with Gasteiger partial charge in [-0.3, -0.25) is 0 Å². The molecule has 2 aromatic carbocycles. The number of aliphatic hydroxyl groups is 1. The Balaban J connectivity index is 2.08. The van der Waals surface area contributed by atoms with Crippen LogP contribution in [0.3, 0.4) is 0 Å². The van der Waals surface area contributed by atoms with Crippen molar-refractivity contribution in [2.45, 2.75) is 12.8 Å². The van der Waals surface area contributed by atoms with Crippen molar-refractivity contribution in [2.24, 2.45) is 0 Å². The van der Waals surface area contributed by atoms with Gasteiger partial charge in [0.05, 0.1) is 12.2 Å². The van der Waals surface area contributed by atoms with Crippen LogP contribution in [0, 0.1) is 0 Å². The van der Waals surface area contributed by atoms with Crippen molar-refractivity contribution in [1.82, 2.24) is 0 Å². The van der Waals surface area contributed by atoms with Crippen molar-refractivity contribution in [3.05, 3.63) is 42.0 Å². The van der Waals surface area contributed by atoms with E-state index in [1.807, 2.05) is 0 Å². The first-order valence-corrected chi connectivity index (χ1v) is 6.21. The first-order valence-electron chi connectivity index (χ1n) is 6.21. The second-order valence-electron chi connectivity index (χ2n) is 4.31. The molecule has 4 nitrogen and oxygen atoms in total. The molecule has 0 unspecified atom stereocenters. The molecule has 0 spiro atoms. The molecular weight excluding hydrogens is 244 g/mol. The summed E-state index contributed by atoms with van der Waals surface area (Å²) in [5.74, 6) is -0.167. The molecule has 2 N–H and O–H groups in total. The fourth-order valence-electron chi connectivity index (χ4n) is 1.82. The number of unbranched alkanes of at least 4 members (excludes halogenated alkanes) is 1. The van der Waals surface area contributed by atoms with Crippen LogP contribution in [0.2, 0.25) is 0 Å². The molecule has 0 aliphatic rings. The van der Waals surface area contributed by atoms with Crippen molar-refractivity contribution in [1.29, 1.82) is 0 Å². The van der Waals surface area contributed by atoms with E-state index in [1.165, 1.54) is 0 Å². The van der Waals surface area contributed by atoms with Crippen molar-refractivity contribution in [3.8, 4) is 5.75 Å². The summed E-state index contributed by atoms with van der Waals surface area (Å²) in [4.78, 5) is 11.8. The third-order valence-electron chi connectivity index (χ3n) is 2.85. The SMILES string of the molecule is O=C(OCCCCO)c1ccc2cc(O)ccc2c1. The van der Waals surface area contributed by atoms with Crippen molar-refractivity contribution >= 4 is 16.7 Å². The van der Waals surface area contributed by atoms with E-state index in [2.05, 4.69) is 0 Å². The van der Waals surface area contributed by atoms with Gasteiger partial charge in [0, 0.05) is 6.61 Å². The molecule has 0 aliphatic heterocycles. The number of phenolic OH excluding ortho intramolecular Hbond substituents is 1. The Hall–Kier alpha value is -2.07. The zero-order valence-electron chi connectivity index (χ0n) is 10.5. The standard InChI is InChI=1S/C15H16O4/c16-7-1-2-8-19-15(18)13-4-3-12-10-14(17)6-5-11(12)9-13/h3-6,9-10,16-17H,1-2,7-8H2. The largest absolute Gasteiger partial charge is 0.508 e. The molecule has 0 heterocycles. The maximum Gasteiger partial charge on any atom is 0.338 e. The Kier molecular flexibility index (Phi) is 4.36. The first-order chi connectivity index (χ1) is 9.20. The average molecular weight is 260 g/mol. The van der Waals surface area contributed by atoms with E-state index >= 15 is 0 Å². The lowest BCUT2D eigenvalue weighted by molar-refractivity contribution is 0.0493. The number of phenols is 1. The van der Waals surface area contributed by atoms with Crippen LogP contribution in [0.4, 0.5) is 0 Å². The van der Waals surface area contributed by atoms with Crippen molar-refractivity contribution in [2.75, 3.05) is 13.2 Å². The summed E-state index contributed by atoms with van der Waals surface area (Å²) in [5, 5.41) is 19.7. The number of rotatable bonds is 5. The Morgan fingerprint density at radius 3 is 2.58 bits per heavy atom. The number of hydrogen-bond donors (Lipinski definition) is 2. The molecule has 2 aromatic rings. The van der Waals surface area contributed by atoms with Gasteiger partial charge < -0.3 is 14.9 Å². The summed E-state index contributed by atoms with van der Waals surface area (Å²) in [6.45, 7) is 0.421. The Labute approximate surface area is 111 Å². The lowest BCUT2D eigenvalue weighted by Gasteiger charge is -2.05. The normalized spacial score (nSPS) is 10.6. The molecule has 0 aliphatic carbocycles. The predicted molar refractivity (Wildman–Crippen MR) is 72.2 cm³/mol. The van der Waals surface area contributed by atoms with E-state index in [0.29, 0.717) is 25.0 Å². The molecule has 4 heteroatoms. The summed E-state index contributed by atoms with van der Waals surface area (Å²) < 4.78 is 5.10. The van der Waals surface area contributed by atoms with E-state index in [-0.39, 0.29) is 18.3 Å². The summed E-state index contributed by atoms with van der Waals surface area (Å²) in [7, 11) is 0. The number of esters is 1. The summed E-state index contributed by atoms with van der Waals surface area (Å²) in [5.41, 5.74) is 0.488. The Bertz CT molecular complexity index is 577. The summed E-state index contributed by atoms with van der Waals surface area (Å²) >= 11 is 0. The monoisotopic (exact) mass is 260 g/mol. The third-order valence-corrected chi connectivity index (χ3v) is 2.85. The zero-order chi connectivity index (χ0) is 13.7. The van der Waals surface area contributed by atoms with E-state index < -0.39 is 0 Å². The van der Waals surface area contributed by atoms with E-state index in [4.69, 9.17) is 9.84 Å². The van der Waals surface area contributed by atoms with Gasteiger partial charge in [0.2, 0.25) is 0 Å². The van der Waals surface area contributed by atoms with Gasteiger partial charge in [-0.2, -0.15) is 0 Å². The van der Waals surface area contributed by atoms with Crippen molar-refractivity contribution in [3.63, 3.8) is 0 Å². The molecule has 0 saturated heterocycles. The number of fused-ring (bicyclic) bond motifs is 1. The molecular formula is C15H16O4. The average Bonchev–Trinajstić information content (AvgIpc) is 2.42. The van der Waals surface area contributed by atoms with Crippen LogP contribution in [0.5, 0.6) is 5.75 Å². The molecule has 0 amide bonds. The highest BCUT2D eigenvalue weighted by atomic mass is 16.5. The van der Waals surface area contributed by atoms with E-state index in [0.717, 1.165) is 10.8 Å². The van der Waals surface area contributed by atoms with Gasteiger partial charge >= 0.3 is 5.97 Å². The highest BCUT2D eigenvalue weighted by Gasteiger charge is 2.07. The minimum atomic E-state index is -0.368. The molecule has 19 heavy (non-hydrogen) atoms. The predicted octanol–water partition coefficient (Wildman–Crippen LogP) is 2.47. The minimum Gasteiger partial charge on any atom is -0.508 e. The molecule has 0 bridgehead atoms. The molecule has 2 rings (SSSR count). The maximum absolute atomic E-state index is 11.8. The van der Waals surface area contributed by atoms with Crippen LogP contribution in [0.25, 0.3) is 10.8 Å². The summed E-state index contributed by atoms with van der Waals surface area (Å²) in [6.07, 6.45) is 1.29. The quantitative estimate of drug-likeness (QED) is 0.640. The molecule has 0 atom stereocenters. The van der Waals surface area contributed by atoms with E-state index in [9.17, 15) is 9.90 Å². The number of ether oxygens (including phenoxy) is 1. The van der Waals surface area contributed by atoms with Gasteiger partial charge in [0.15, 0.2) is 0 Å². The third kappa shape index (κ3) is 3.45. The Morgan fingerprint density at radius 2 is 1.79 bits per heavy atom. The number of aromatic hydroxyl groups is 1. The molecule has 0 aromatic heterocycles. The van der Waals surface area contributed by atoms with Crippen LogP contribution in [0.1, 0.15) is 23.2 Å². The van der Waals surface area contributed by atoms with Crippen molar-refractivity contribution < 1.29 is 19.7 Å². The number of carbonyl (C=O) groups is 1. The minimum absolute atomic E-state index is 0.108. The number of hydrogen-bond acceptors (Lipinski definition) is 4. The fraction of sp³-hybridized carbons (Fsp3) is 0.267. The smallest absolute Gasteiger partial charge is 0.338 e. The van der Waals surface area contributed by atoms with Gasteiger partial charge in [-0.15, -0.1) is 0 Å². The van der Waals surface area contributed by atoms with Crippen LogP contribution >= 0.6 is 0 Å². The van der Waals surface area contributed by atoms with Crippen LogP contribution < -0.4 is 0 Å². The summed E-state index contributed by atoms with van der Waals surface area (Å²) in [6, 6.07) is 10.2. The molecule has 0 radical (unpaired) electrons. The maximum atomic E-state index is 11.8. The zero-order valence-corrected chi connectivity index (χ0v) is 10.5. The van der Waals surface area contributed by atoms with Gasteiger partial charge in [-0.25, -0.2) is 4.79 Å². The van der Waals surface area contributed by atoms with E-state index in [1.54, 1.807) is 36.4 Å². The van der Waals surface area contributed by atoms with Gasteiger partial charge in [-0.1, -0.05) is 12.1 Å². The second-order valence-corrected chi connectivity index (χ2v) is 4.31.